The number of benzene rings is 1. The van der Waals surface area contributed by atoms with E-state index in [1.807, 2.05) is 11.9 Å². The summed E-state index contributed by atoms with van der Waals surface area (Å²) >= 11 is 0. The highest BCUT2D eigenvalue weighted by molar-refractivity contribution is 5.94. The molecule has 1 N–H and O–H groups in total. The van der Waals surface area contributed by atoms with E-state index in [1.54, 1.807) is 0 Å². The molecule has 1 heterocycles. The van der Waals surface area contributed by atoms with E-state index < -0.39 is 6.09 Å². The second-order valence-electron chi connectivity index (χ2n) is 8.75. The SMILES string of the molecule is COC(=O)NC1=NCC(c2cc(C(C)(C)C)cc(C(C)(C)C)c2)N1C. The Kier molecular flexibility index (Phi) is 5.17. The minimum atomic E-state index is -0.495. The normalized spacial score (nSPS) is 18.2. The van der Waals surface area contributed by atoms with Gasteiger partial charge in [-0.1, -0.05) is 59.7 Å². The summed E-state index contributed by atoms with van der Waals surface area (Å²) in [6, 6.07) is 6.96. The molecule has 0 aliphatic carbocycles. The Hall–Kier alpha value is -2.04. The van der Waals surface area contributed by atoms with Gasteiger partial charge in [0.2, 0.25) is 5.96 Å². The smallest absolute Gasteiger partial charge is 0.413 e. The lowest BCUT2D eigenvalue weighted by atomic mass is 9.79. The second kappa shape index (κ2) is 6.70. The second-order valence-corrected chi connectivity index (χ2v) is 8.75. The Morgan fingerprint density at radius 2 is 1.64 bits per heavy atom. The Labute approximate surface area is 151 Å². The van der Waals surface area contributed by atoms with Crippen molar-refractivity contribution in [3.05, 3.63) is 34.9 Å². The third kappa shape index (κ3) is 4.33. The predicted molar refractivity (Wildman–Crippen MR) is 102 cm³/mol. The number of hydrogen-bond acceptors (Lipinski definition) is 4. The third-order valence-electron chi connectivity index (χ3n) is 4.69. The van der Waals surface area contributed by atoms with Gasteiger partial charge in [-0.25, -0.2) is 4.79 Å². The van der Waals surface area contributed by atoms with Crippen LogP contribution in [0.4, 0.5) is 4.79 Å². The Balaban J connectivity index is 2.38. The summed E-state index contributed by atoms with van der Waals surface area (Å²) in [5.74, 6) is 0.551. The summed E-state index contributed by atoms with van der Waals surface area (Å²) in [5.41, 5.74) is 4.00. The van der Waals surface area contributed by atoms with Crippen molar-refractivity contribution >= 4 is 12.1 Å². The summed E-state index contributed by atoms with van der Waals surface area (Å²) in [5, 5.41) is 2.68. The van der Waals surface area contributed by atoms with Crippen molar-refractivity contribution in [2.45, 2.75) is 58.4 Å². The van der Waals surface area contributed by atoms with Crippen LogP contribution in [0.15, 0.2) is 23.2 Å². The van der Waals surface area contributed by atoms with E-state index in [0.717, 1.165) is 0 Å². The fourth-order valence-corrected chi connectivity index (χ4v) is 2.86. The fourth-order valence-electron chi connectivity index (χ4n) is 2.86. The van der Waals surface area contributed by atoms with Crippen molar-refractivity contribution in [3.63, 3.8) is 0 Å². The monoisotopic (exact) mass is 345 g/mol. The Morgan fingerprint density at radius 3 is 2.08 bits per heavy atom. The summed E-state index contributed by atoms with van der Waals surface area (Å²) < 4.78 is 4.67. The molecule has 5 heteroatoms. The van der Waals surface area contributed by atoms with Crippen LogP contribution in [0.2, 0.25) is 0 Å². The minimum absolute atomic E-state index is 0.0706. The molecule has 0 fully saturated rings. The van der Waals surface area contributed by atoms with Crippen LogP contribution in [-0.4, -0.2) is 37.7 Å². The number of carbonyl (C=O) groups is 1. The number of methoxy groups -OCH3 is 1. The summed E-state index contributed by atoms with van der Waals surface area (Å²) in [6.07, 6.45) is -0.495. The average Bonchev–Trinajstić information content (AvgIpc) is 2.86. The molecule has 25 heavy (non-hydrogen) atoms. The molecule has 1 unspecified atom stereocenters. The maximum absolute atomic E-state index is 11.5. The summed E-state index contributed by atoms with van der Waals surface area (Å²) in [6.45, 7) is 14.0. The summed E-state index contributed by atoms with van der Waals surface area (Å²) in [7, 11) is 3.30. The zero-order valence-electron chi connectivity index (χ0n) is 16.7. The highest BCUT2D eigenvalue weighted by Gasteiger charge is 2.30. The van der Waals surface area contributed by atoms with E-state index in [-0.39, 0.29) is 16.9 Å². The van der Waals surface area contributed by atoms with Crippen LogP contribution < -0.4 is 5.32 Å². The number of carbonyl (C=O) groups excluding carboxylic acids is 1. The lowest BCUT2D eigenvalue weighted by Gasteiger charge is -2.29. The van der Waals surface area contributed by atoms with Gasteiger partial charge >= 0.3 is 6.09 Å². The molecule has 0 radical (unpaired) electrons. The number of ether oxygens (including phenoxy) is 1. The van der Waals surface area contributed by atoms with Crippen molar-refractivity contribution in [3.8, 4) is 0 Å². The minimum Gasteiger partial charge on any atom is -0.453 e. The first-order chi connectivity index (χ1) is 11.4. The van der Waals surface area contributed by atoms with E-state index in [2.05, 4.69) is 74.8 Å². The van der Waals surface area contributed by atoms with Crippen molar-refractivity contribution in [1.29, 1.82) is 0 Å². The van der Waals surface area contributed by atoms with Crippen molar-refractivity contribution < 1.29 is 9.53 Å². The molecule has 0 saturated carbocycles. The fraction of sp³-hybridized carbons (Fsp3) is 0.600. The lowest BCUT2D eigenvalue weighted by molar-refractivity contribution is 0.175. The van der Waals surface area contributed by atoms with Gasteiger partial charge < -0.3 is 9.64 Å². The van der Waals surface area contributed by atoms with Crippen LogP contribution in [-0.2, 0) is 15.6 Å². The maximum atomic E-state index is 11.5. The number of amides is 1. The first-order valence-electron chi connectivity index (χ1n) is 8.71. The standard InChI is InChI=1S/C20H31N3O2/c1-19(2,3)14-9-13(10-15(11-14)20(4,5)6)16-12-21-17(23(16)7)22-18(24)25-8/h9-11,16H,12H2,1-8H3,(H,21,22,24). The Morgan fingerprint density at radius 1 is 1.12 bits per heavy atom. The Bertz CT molecular complexity index is 649. The van der Waals surface area contributed by atoms with Crippen LogP contribution in [0.1, 0.15) is 64.3 Å². The molecule has 1 aromatic carbocycles. The number of nitrogens with zero attached hydrogens (tertiary/aromatic N) is 2. The van der Waals surface area contributed by atoms with E-state index >= 15 is 0 Å². The van der Waals surface area contributed by atoms with Gasteiger partial charge in [-0.3, -0.25) is 10.3 Å². The number of hydrogen-bond donors (Lipinski definition) is 1. The molecule has 138 valence electrons. The van der Waals surface area contributed by atoms with Crippen LogP contribution >= 0.6 is 0 Å². The van der Waals surface area contributed by atoms with Crippen LogP contribution in [0.25, 0.3) is 0 Å². The number of likely N-dealkylation sites (N-methyl/N-ethyl adjacent to an activating group) is 1. The van der Waals surface area contributed by atoms with Crippen LogP contribution in [0.5, 0.6) is 0 Å². The molecule has 0 spiro atoms. The number of aliphatic imine (C=N–C) groups is 1. The average molecular weight is 345 g/mol. The van der Waals surface area contributed by atoms with Gasteiger partial charge in [-0.2, -0.15) is 0 Å². The lowest BCUT2D eigenvalue weighted by Crippen LogP contribution is -2.40. The van der Waals surface area contributed by atoms with E-state index in [1.165, 1.54) is 23.8 Å². The molecule has 1 aliphatic heterocycles. The van der Waals surface area contributed by atoms with Crippen LogP contribution in [0, 0.1) is 0 Å². The van der Waals surface area contributed by atoms with E-state index in [9.17, 15) is 4.79 Å². The number of rotatable bonds is 1. The predicted octanol–water partition coefficient (Wildman–Crippen LogP) is 3.98. The third-order valence-corrected chi connectivity index (χ3v) is 4.69. The largest absolute Gasteiger partial charge is 0.453 e. The van der Waals surface area contributed by atoms with Gasteiger partial charge in [0.15, 0.2) is 0 Å². The highest BCUT2D eigenvalue weighted by Crippen LogP contribution is 2.34. The quantitative estimate of drug-likeness (QED) is 0.837. The van der Waals surface area contributed by atoms with Gasteiger partial charge in [-0.05, 0) is 27.5 Å². The summed E-state index contributed by atoms with van der Waals surface area (Å²) in [4.78, 5) is 18.0. The molecular formula is C20H31N3O2. The molecule has 5 nitrogen and oxygen atoms in total. The molecule has 1 atom stereocenters. The number of alkyl carbamates (subject to hydrolysis) is 1. The molecule has 0 saturated heterocycles. The molecule has 1 aliphatic rings. The number of guanidine groups is 1. The van der Waals surface area contributed by atoms with Gasteiger partial charge in [-0.15, -0.1) is 0 Å². The van der Waals surface area contributed by atoms with Gasteiger partial charge in [0.1, 0.15) is 0 Å². The van der Waals surface area contributed by atoms with Crippen molar-refractivity contribution in [1.82, 2.24) is 10.2 Å². The molecule has 1 amide bonds. The zero-order valence-corrected chi connectivity index (χ0v) is 16.7. The molecular weight excluding hydrogens is 314 g/mol. The zero-order chi connectivity index (χ0) is 19.0. The van der Waals surface area contributed by atoms with Crippen LogP contribution in [0.3, 0.4) is 0 Å². The van der Waals surface area contributed by atoms with Gasteiger partial charge in [0, 0.05) is 7.05 Å². The molecule has 0 aromatic heterocycles. The maximum Gasteiger partial charge on any atom is 0.413 e. The highest BCUT2D eigenvalue weighted by atomic mass is 16.5. The van der Waals surface area contributed by atoms with E-state index in [4.69, 9.17) is 0 Å². The van der Waals surface area contributed by atoms with E-state index in [0.29, 0.717) is 12.5 Å². The molecule has 1 aromatic rings. The number of nitrogens with one attached hydrogen (secondary N) is 1. The van der Waals surface area contributed by atoms with Crippen molar-refractivity contribution in [2.75, 3.05) is 20.7 Å². The molecule has 2 rings (SSSR count). The van der Waals surface area contributed by atoms with Gasteiger partial charge in [0.05, 0.1) is 19.7 Å². The van der Waals surface area contributed by atoms with Crippen molar-refractivity contribution in [2.24, 2.45) is 4.99 Å². The molecule has 0 bridgehead atoms. The van der Waals surface area contributed by atoms with Gasteiger partial charge in [0.25, 0.3) is 0 Å². The first-order valence-corrected chi connectivity index (χ1v) is 8.71. The topological polar surface area (TPSA) is 53.9 Å². The first kappa shape index (κ1) is 19.3.